The number of hydrogen-bond donors (Lipinski definition) is 1. The zero-order valence-corrected chi connectivity index (χ0v) is 12.5. The minimum absolute atomic E-state index is 0.706. The maximum atomic E-state index is 6.27. The monoisotopic (exact) mass is 281 g/mol. The molecule has 2 rings (SSSR count). The van der Waals surface area contributed by atoms with Crippen LogP contribution in [-0.2, 0) is 6.54 Å². The van der Waals surface area contributed by atoms with Crippen LogP contribution in [0.2, 0.25) is 5.02 Å². The van der Waals surface area contributed by atoms with Crippen LogP contribution in [0.25, 0.3) is 0 Å². The predicted octanol–water partition coefficient (Wildman–Crippen LogP) is 4.41. The van der Waals surface area contributed by atoms with E-state index in [-0.39, 0.29) is 0 Å². The van der Waals surface area contributed by atoms with Gasteiger partial charge in [-0.15, -0.1) is 0 Å². The maximum absolute atomic E-state index is 6.27. The van der Waals surface area contributed by atoms with Gasteiger partial charge in [0.2, 0.25) is 0 Å². The molecular formula is C16H24ClNO. The summed E-state index contributed by atoms with van der Waals surface area (Å²) in [6.07, 6.45) is 6.68. The van der Waals surface area contributed by atoms with Crippen LogP contribution in [0.4, 0.5) is 0 Å². The third kappa shape index (κ3) is 4.39. The summed E-state index contributed by atoms with van der Waals surface area (Å²) in [5.41, 5.74) is 1.16. The summed E-state index contributed by atoms with van der Waals surface area (Å²) >= 11 is 6.27. The molecule has 0 bridgehead atoms. The molecule has 0 amide bonds. The van der Waals surface area contributed by atoms with E-state index in [9.17, 15) is 0 Å². The van der Waals surface area contributed by atoms with Crippen molar-refractivity contribution in [3.8, 4) is 5.75 Å². The second kappa shape index (κ2) is 7.76. The molecule has 19 heavy (non-hydrogen) atoms. The second-order valence-electron chi connectivity index (χ2n) is 5.32. The lowest BCUT2D eigenvalue weighted by atomic mass is 9.90. The van der Waals surface area contributed by atoms with Gasteiger partial charge in [-0.05, 0) is 31.4 Å². The summed E-state index contributed by atoms with van der Waals surface area (Å²) < 4.78 is 6.03. The molecule has 1 aliphatic carbocycles. The Morgan fingerprint density at radius 1 is 1.26 bits per heavy atom. The van der Waals surface area contributed by atoms with Crippen molar-refractivity contribution in [2.75, 3.05) is 13.2 Å². The van der Waals surface area contributed by atoms with Crippen LogP contribution in [0.15, 0.2) is 18.2 Å². The largest absolute Gasteiger partial charge is 0.491 e. The van der Waals surface area contributed by atoms with Crippen molar-refractivity contribution in [1.82, 2.24) is 5.32 Å². The zero-order valence-electron chi connectivity index (χ0n) is 11.8. The molecule has 0 unspecified atom stereocenters. The fraction of sp³-hybridized carbons (Fsp3) is 0.625. The first-order valence-corrected chi connectivity index (χ1v) is 7.80. The number of ether oxygens (including phenoxy) is 1. The molecule has 2 nitrogen and oxygen atoms in total. The topological polar surface area (TPSA) is 21.3 Å². The van der Waals surface area contributed by atoms with Crippen molar-refractivity contribution in [3.05, 3.63) is 28.8 Å². The van der Waals surface area contributed by atoms with Crippen LogP contribution < -0.4 is 10.1 Å². The van der Waals surface area contributed by atoms with Gasteiger partial charge < -0.3 is 10.1 Å². The third-order valence-electron chi connectivity index (χ3n) is 3.80. The summed E-state index contributed by atoms with van der Waals surface area (Å²) in [5.74, 6) is 1.58. The fourth-order valence-corrected chi connectivity index (χ4v) is 2.92. The van der Waals surface area contributed by atoms with Gasteiger partial charge in [0.15, 0.2) is 0 Å². The highest BCUT2D eigenvalue weighted by molar-refractivity contribution is 6.32. The summed E-state index contributed by atoms with van der Waals surface area (Å²) in [5, 5.41) is 4.06. The first-order valence-electron chi connectivity index (χ1n) is 7.42. The van der Waals surface area contributed by atoms with Gasteiger partial charge in [0.05, 0.1) is 11.6 Å². The summed E-state index contributed by atoms with van der Waals surface area (Å²) in [6, 6.07) is 5.99. The van der Waals surface area contributed by atoms with E-state index in [1.165, 1.54) is 32.1 Å². The Hall–Kier alpha value is -0.730. The summed E-state index contributed by atoms with van der Waals surface area (Å²) in [6.45, 7) is 4.68. The minimum Gasteiger partial charge on any atom is -0.491 e. The van der Waals surface area contributed by atoms with Crippen molar-refractivity contribution in [2.24, 2.45) is 5.92 Å². The minimum atomic E-state index is 0.706. The Labute approximate surface area is 121 Å². The molecule has 0 atom stereocenters. The summed E-state index contributed by atoms with van der Waals surface area (Å²) in [4.78, 5) is 0. The lowest BCUT2D eigenvalue weighted by molar-refractivity contribution is 0.207. The molecule has 1 N–H and O–H groups in total. The van der Waals surface area contributed by atoms with E-state index in [1.807, 2.05) is 12.1 Å². The van der Waals surface area contributed by atoms with Crippen LogP contribution in [0, 0.1) is 5.92 Å². The van der Waals surface area contributed by atoms with Crippen molar-refractivity contribution in [3.63, 3.8) is 0 Å². The van der Waals surface area contributed by atoms with E-state index in [1.54, 1.807) is 0 Å². The van der Waals surface area contributed by atoms with Gasteiger partial charge in [0.25, 0.3) is 0 Å². The molecule has 106 valence electrons. The van der Waals surface area contributed by atoms with Crippen LogP contribution in [-0.4, -0.2) is 13.2 Å². The Morgan fingerprint density at radius 2 is 2.05 bits per heavy atom. The number of para-hydroxylation sites is 1. The number of nitrogens with one attached hydrogen (secondary N) is 1. The Morgan fingerprint density at radius 3 is 2.79 bits per heavy atom. The number of rotatable bonds is 6. The lowest BCUT2D eigenvalue weighted by Crippen LogP contribution is -2.17. The van der Waals surface area contributed by atoms with E-state index >= 15 is 0 Å². The van der Waals surface area contributed by atoms with Gasteiger partial charge in [-0.3, -0.25) is 0 Å². The highest BCUT2D eigenvalue weighted by atomic mass is 35.5. The molecule has 0 radical (unpaired) electrons. The second-order valence-corrected chi connectivity index (χ2v) is 5.73. The fourth-order valence-electron chi connectivity index (χ4n) is 2.67. The van der Waals surface area contributed by atoms with E-state index < -0.39 is 0 Å². The van der Waals surface area contributed by atoms with Gasteiger partial charge in [0.1, 0.15) is 5.75 Å². The van der Waals surface area contributed by atoms with Crippen LogP contribution in [0.1, 0.15) is 44.6 Å². The molecule has 0 spiro atoms. The average molecular weight is 282 g/mol. The van der Waals surface area contributed by atoms with Gasteiger partial charge >= 0.3 is 0 Å². The molecule has 1 fully saturated rings. The van der Waals surface area contributed by atoms with E-state index in [4.69, 9.17) is 16.3 Å². The summed E-state index contributed by atoms with van der Waals surface area (Å²) in [7, 11) is 0. The van der Waals surface area contributed by atoms with Crippen molar-refractivity contribution < 1.29 is 4.74 Å². The number of halogens is 1. The average Bonchev–Trinajstić information content (AvgIpc) is 2.45. The molecule has 0 aromatic heterocycles. The van der Waals surface area contributed by atoms with Gasteiger partial charge in [-0.1, -0.05) is 49.9 Å². The Balaban J connectivity index is 1.96. The van der Waals surface area contributed by atoms with Crippen LogP contribution in [0.5, 0.6) is 5.75 Å². The van der Waals surface area contributed by atoms with Crippen molar-refractivity contribution in [2.45, 2.75) is 45.6 Å². The SMILES string of the molecule is CCNCc1cccc(Cl)c1OCC1CCCCC1. The molecule has 3 heteroatoms. The molecule has 0 heterocycles. The van der Waals surface area contributed by atoms with Gasteiger partial charge in [0, 0.05) is 12.1 Å². The van der Waals surface area contributed by atoms with Gasteiger partial charge in [-0.25, -0.2) is 0 Å². The smallest absolute Gasteiger partial charge is 0.142 e. The number of hydrogen-bond acceptors (Lipinski definition) is 2. The normalized spacial score (nSPS) is 16.5. The Kier molecular flexibility index (Phi) is 5.99. The number of benzene rings is 1. The molecule has 1 saturated carbocycles. The van der Waals surface area contributed by atoms with Crippen molar-refractivity contribution >= 4 is 11.6 Å². The van der Waals surface area contributed by atoms with E-state index in [0.29, 0.717) is 5.92 Å². The highest BCUT2D eigenvalue weighted by Gasteiger charge is 2.16. The van der Waals surface area contributed by atoms with Gasteiger partial charge in [-0.2, -0.15) is 0 Å². The quantitative estimate of drug-likeness (QED) is 0.834. The van der Waals surface area contributed by atoms with E-state index in [2.05, 4.69) is 18.3 Å². The third-order valence-corrected chi connectivity index (χ3v) is 4.10. The first-order chi connectivity index (χ1) is 9.31. The predicted molar refractivity (Wildman–Crippen MR) is 80.9 cm³/mol. The molecule has 0 saturated heterocycles. The molecule has 1 aromatic rings. The molecule has 1 aliphatic rings. The highest BCUT2D eigenvalue weighted by Crippen LogP contribution is 2.31. The molecule has 0 aliphatic heterocycles. The Bertz CT molecular complexity index is 388. The lowest BCUT2D eigenvalue weighted by Gasteiger charge is -2.23. The zero-order chi connectivity index (χ0) is 13.5. The van der Waals surface area contributed by atoms with Crippen LogP contribution in [0.3, 0.4) is 0 Å². The molecule has 1 aromatic carbocycles. The molecular weight excluding hydrogens is 258 g/mol. The maximum Gasteiger partial charge on any atom is 0.142 e. The van der Waals surface area contributed by atoms with E-state index in [0.717, 1.165) is 36.0 Å². The first kappa shape index (κ1) is 14.7. The van der Waals surface area contributed by atoms with Crippen LogP contribution >= 0.6 is 11.6 Å². The standard InChI is InChI=1S/C16H24ClNO/c1-2-18-11-14-9-6-10-15(17)16(14)19-12-13-7-4-3-5-8-13/h6,9-10,13,18H,2-5,7-8,11-12H2,1H3. The van der Waals surface area contributed by atoms with Crippen molar-refractivity contribution in [1.29, 1.82) is 0 Å².